The third-order valence-corrected chi connectivity index (χ3v) is 8.03. The van der Waals surface area contributed by atoms with E-state index in [0.717, 1.165) is 35.3 Å². The zero-order valence-electron chi connectivity index (χ0n) is 17.7. The molecule has 0 unspecified atom stereocenters. The zero-order chi connectivity index (χ0) is 21.8. The average molecular weight is 440 g/mol. The van der Waals surface area contributed by atoms with Gasteiger partial charge in [-0.25, -0.2) is 13.4 Å². The van der Waals surface area contributed by atoms with Gasteiger partial charge in [0.05, 0.1) is 21.5 Å². The smallest absolute Gasteiger partial charge is 0.254 e. The summed E-state index contributed by atoms with van der Waals surface area (Å²) < 4.78 is 29.0. The Kier molecular flexibility index (Phi) is 4.82. The molecule has 5 rings (SSSR count). The van der Waals surface area contributed by atoms with Crippen LogP contribution in [0.5, 0.6) is 0 Å². The second-order valence-electron chi connectivity index (χ2n) is 8.29. The molecule has 0 radical (unpaired) electrons. The molecular formula is C22H25N5O3S. The molecule has 1 aromatic carbocycles. The quantitative estimate of drug-likeness (QED) is 0.622. The van der Waals surface area contributed by atoms with Crippen molar-refractivity contribution in [3.05, 3.63) is 53.3 Å². The Hall–Kier alpha value is -2.78. The summed E-state index contributed by atoms with van der Waals surface area (Å²) in [6, 6.07) is 10.4. The number of aromatic nitrogens is 3. The largest absolute Gasteiger partial charge is 0.336 e. The number of piperazine rings is 1. The molecule has 1 amide bonds. The minimum atomic E-state index is -3.55. The van der Waals surface area contributed by atoms with E-state index in [9.17, 15) is 13.2 Å². The first-order valence-corrected chi connectivity index (χ1v) is 12.0. The van der Waals surface area contributed by atoms with Crippen molar-refractivity contribution in [1.82, 2.24) is 24.0 Å². The van der Waals surface area contributed by atoms with Crippen LogP contribution in [0.25, 0.3) is 11.0 Å². The fourth-order valence-corrected chi connectivity index (χ4v) is 5.71. The second-order valence-corrected chi connectivity index (χ2v) is 10.2. The molecule has 1 saturated heterocycles. The van der Waals surface area contributed by atoms with Crippen LogP contribution in [0.15, 0.2) is 41.3 Å². The van der Waals surface area contributed by atoms with Crippen molar-refractivity contribution >= 4 is 27.0 Å². The van der Waals surface area contributed by atoms with Crippen molar-refractivity contribution in [2.45, 2.75) is 30.6 Å². The highest BCUT2D eigenvalue weighted by atomic mass is 32.2. The Morgan fingerprint density at radius 1 is 1.06 bits per heavy atom. The van der Waals surface area contributed by atoms with Crippen LogP contribution in [0.2, 0.25) is 0 Å². The zero-order valence-corrected chi connectivity index (χ0v) is 18.5. The SMILES string of the molecule is Cc1nn(C)c2nc(C3CC3)cc(C(=O)N3CCN(S(=O)(=O)c4ccccc4)CC3)c12. The number of aryl methyl sites for hydroxylation is 2. The van der Waals surface area contributed by atoms with Crippen LogP contribution < -0.4 is 0 Å². The topological polar surface area (TPSA) is 88.4 Å². The number of nitrogens with zero attached hydrogens (tertiary/aromatic N) is 5. The van der Waals surface area contributed by atoms with Gasteiger partial charge in [0.15, 0.2) is 5.65 Å². The Morgan fingerprint density at radius 2 is 1.74 bits per heavy atom. The maximum absolute atomic E-state index is 13.5. The first-order chi connectivity index (χ1) is 14.9. The Balaban J connectivity index is 1.41. The molecule has 9 heteroatoms. The van der Waals surface area contributed by atoms with Gasteiger partial charge in [-0.1, -0.05) is 18.2 Å². The van der Waals surface area contributed by atoms with E-state index in [1.807, 2.05) is 20.0 Å². The number of pyridine rings is 1. The molecule has 0 bridgehead atoms. The summed E-state index contributed by atoms with van der Waals surface area (Å²) in [5.74, 6) is 0.334. The van der Waals surface area contributed by atoms with Crippen molar-refractivity contribution in [3.63, 3.8) is 0 Å². The maximum Gasteiger partial charge on any atom is 0.254 e. The van der Waals surface area contributed by atoms with Gasteiger partial charge in [0.25, 0.3) is 5.91 Å². The lowest BCUT2D eigenvalue weighted by Gasteiger charge is -2.34. The van der Waals surface area contributed by atoms with Crippen molar-refractivity contribution in [2.24, 2.45) is 7.05 Å². The monoisotopic (exact) mass is 439 g/mol. The van der Waals surface area contributed by atoms with Gasteiger partial charge in [-0.2, -0.15) is 9.40 Å². The molecule has 2 aromatic heterocycles. The molecule has 3 heterocycles. The number of rotatable bonds is 4. The third kappa shape index (κ3) is 3.51. The number of sulfonamides is 1. The van der Waals surface area contributed by atoms with Gasteiger partial charge in [-0.05, 0) is 38.0 Å². The van der Waals surface area contributed by atoms with Crippen LogP contribution in [0, 0.1) is 6.92 Å². The van der Waals surface area contributed by atoms with Gasteiger partial charge < -0.3 is 4.90 Å². The van der Waals surface area contributed by atoms with E-state index in [-0.39, 0.29) is 23.9 Å². The molecular weight excluding hydrogens is 414 g/mol. The van der Waals surface area contributed by atoms with Gasteiger partial charge in [-0.3, -0.25) is 9.48 Å². The summed E-state index contributed by atoms with van der Waals surface area (Å²) >= 11 is 0. The molecule has 0 atom stereocenters. The number of hydrogen-bond donors (Lipinski definition) is 0. The van der Waals surface area contributed by atoms with Crippen LogP contribution in [-0.4, -0.2) is 64.5 Å². The lowest BCUT2D eigenvalue weighted by atomic mass is 10.1. The minimum Gasteiger partial charge on any atom is -0.336 e. The van der Waals surface area contributed by atoms with Gasteiger partial charge >= 0.3 is 0 Å². The van der Waals surface area contributed by atoms with Crippen LogP contribution in [0.3, 0.4) is 0 Å². The van der Waals surface area contributed by atoms with Crippen LogP contribution in [0.1, 0.15) is 40.5 Å². The highest BCUT2D eigenvalue weighted by Gasteiger charge is 2.33. The third-order valence-electron chi connectivity index (χ3n) is 6.12. The van der Waals surface area contributed by atoms with Crippen molar-refractivity contribution in [1.29, 1.82) is 0 Å². The highest BCUT2D eigenvalue weighted by molar-refractivity contribution is 7.89. The Bertz CT molecular complexity index is 1260. The summed E-state index contributed by atoms with van der Waals surface area (Å²) in [6.07, 6.45) is 2.19. The molecule has 3 aromatic rings. The molecule has 162 valence electrons. The minimum absolute atomic E-state index is 0.0813. The molecule has 1 aliphatic carbocycles. The fourth-order valence-electron chi connectivity index (χ4n) is 4.26. The van der Waals surface area contributed by atoms with Crippen LogP contribution in [0.4, 0.5) is 0 Å². The molecule has 31 heavy (non-hydrogen) atoms. The standard InChI is InChI=1S/C22H25N5O3S/c1-15-20-18(14-19(16-8-9-16)23-21(20)25(2)24-15)22(28)26-10-12-27(13-11-26)31(29,30)17-6-4-3-5-7-17/h3-7,14,16H,8-13H2,1-2H3. The van der Waals surface area contributed by atoms with Gasteiger partial charge in [0.1, 0.15) is 0 Å². The Morgan fingerprint density at radius 3 is 2.39 bits per heavy atom. The highest BCUT2D eigenvalue weighted by Crippen LogP contribution is 2.40. The van der Waals surface area contributed by atoms with Crippen molar-refractivity contribution in [2.75, 3.05) is 26.2 Å². The van der Waals surface area contributed by atoms with E-state index in [0.29, 0.717) is 24.6 Å². The van der Waals surface area contributed by atoms with E-state index < -0.39 is 10.0 Å². The second kappa shape index (κ2) is 7.42. The van der Waals surface area contributed by atoms with E-state index in [1.165, 1.54) is 4.31 Å². The number of amides is 1. The first kappa shape index (κ1) is 20.1. The number of benzene rings is 1. The number of carbonyl (C=O) groups excluding carboxylic acids is 1. The van der Waals surface area contributed by atoms with E-state index >= 15 is 0 Å². The summed E-state index contributed by atoms with van der Waals surface area (Å²) in [5.41, 5.74) is 3.08. The summed E-state index contributed by atoms with van der Waals surface area (Å²) in [7, 11) is -1.70. The van der Waals surface area contributed by atoms with Crippen molar-refractivity contribution < 1.29 is 13.2 Å². The molecule has 2 fully saturated rings. The Labute approximate surface area is 181 Å². The van der Waals surface area contributed by atoms with Crippen LogP contribution >= 0.6 is 0 Å². The molecule has 0 spiro atoms. The lowest BCUT2D eigenvalue weighted by molar-refractivity contribution is 0.0699. The predicted molar refractivity (Wildman–Crippen MR) is 116 cm³/mol. The van der Waals surface area contributed by atoms with E-state index in [1.54, 1.807) is 39.9 Å². The maximum atomic E-state index is 13.5. The van der Waals surface area contributed by atoms with Crippen LogP contribution in [-0.2, 0) is 17.1 Å². The molecule has 0 N–H and O–H groups in total. The normalized spacial score (nSPS) is 17.9. The van der Waals surface area contributed by atoms with Crippen molar-refractivity contribution in [3.8, 4) is 0 Å². The lowest BCUT2D eigenvalue weighted by Crippen LogP contribution is -2.50. The number of fused-ring (bicyclic) bond motifs is 1. The summed E-state index contributed by atoms with van der Waals surface area (Å²) in [4.78, 5) is 20.3. The van der Waals surface area contributed by atoms with E-state index in [2.05, 4.69) is 5.10 Å². The fraction of sp³-hybridized carbons (Fsp3) is 0.409. The molecule has 2 aliphatic rings. The molecule has 8 nitrogen and oxygen atoms in total. The molecule has 1 aliphatic heterocycles. The van der Waals surface area contributed by atoms with E-state index in [4.69, 9.17) is 4.98 Å². The average Bonchev–Trinajstić information content (AvgIpc) is 3.59. The summed E-state index contributed by atoms with van der Waals surface area (Å²) in [6.45, 7) is 3.15. The molecule has 1 saturated carbocycles. The summed E-state index contributed by atoms with van der Waals surface area (Å²) in [5, 5.41) is 5.26. The van der Waals surface area contributed by atoms with Gasteiger partial charge in [0, 0.05) is 44.8 Å². The predicted octanol–water partition coefficient (Wildman–Crippen LogP) is 2.30. The number of hydrogen-bond acceptors (Lipinski definition) is 5. The van der Waals surface area contributed by atoms with Gasteiger partial charge in [0.2, 0.25) is 10.0 Å². The van der Waals surface area contributed by atoms with Gasteiger partial charge in [-0.15, -0.1) is 0 Å². The first-order valence-electron chi connectivity index (χ1n) is 10.5. The number of carbonyl (C=O) groups is 1.